The van der Waals surface area contributed by atoms with Crippen molar-refractivity contribution in [3.63, 3.8) is 0 Å². The Labute approximate surface area is 145 Å². The smallest absolute Gasteiger partial charge is 0.256 e. The number of rotatable bonds is 3. The number of aryl methyl sites for hydroxylation is 1. The van der Waals surface area contributed by atoms with Gasteiger partial charge < -0.3 is 10.0 Å². The van der Waals surface area contributed by atoms with Crippen molar-refractivity contribution in [2.24, 2.45) is 5.92 Å². The Morgan fingerprint density at radius 1 is 1.12 bits per heavy atom. The molecule has 3 nitrogen and oxygen atoms in total. The molecule has 132 valence electrons. The molecular weight excluding hydrogens is 324 g/mol. The molecule has 0 aromatic heterocycles. The number of carbonyl (C=O) groups excluding carboxylic acids is 1. The van der Waals surface area contributed by atoms with Crippen molar-refractivity contribution in [3.8, 4) is 0 Å². The number of benzene rings is 2. The summed E-state index contributed by atoms with van der Waals surface area (Å²) in [7, 11) is 0. The molecule has 5 heteroatoms. The summed E-state index contributed by atoms with van der Waals surface area (Å²) in [6, 6.07) is 11.5. The van der Waals surface area contributed by atoms with Gasteiger partial charge in [-0.1, -0.05) is 30.3 Å². The van der Waals surface area contributed by atoms with Crippen LogP contribution in [0.1, 0.15) is 40.4 Å². The summed E-state index contributed by atoms with van der Waals surface area (Å²) in [5.74, 6) is -1.85. The van der Waals surface area contributed by atoms with E-state index in [1.54, 1.807) is 4.90 Å². The average molecular weight is 345 g/mol. The van der Waals surface area contributed by atoms with Gasteiger partial charge in [0.2, 0.25) is 0 Å². The van der Waals surface area contributed by atoms with Crippen LogP contribution in [0.5, 0.6) is 0 Å². The van der Waals surface area contributed by atoms with Crippen molar-refractivity contribution in [2.75, 3.05) is 13.1 Å². The van der Waals surface area contributed by atoms with Crippen molar-refractivity contribution in [3.05, 3.63) is 70.8 Å². The molecule has 0 bridgehead atoms. The summed E-state index contributed by atoms with van der Waals surface area (Å²) in [6.45, 7) is 2.40. The van der Waals surface area contributed by atoms with Crippen LogP contribution < -0.4 is 0 Å². The number of aliphatic hydroxyl groups is 1. The van der Waals surface area contributed by atoms with Crippen LogP contribution in [0.2, 0.25) is 0 Å². The number of aliphatic hydroxyl groups excluding tert-OH is 1. The highest BCUT2D eigenvalue weighted by Gasteiger charge is 2.29. The molecule has 2 aromatic carbocycles. The number of hydrogen-bond acceptors (Lipinski definition) is 2. The Kier molecular flexibility index (Phi) is 5.13. The van der Waals surface area contributed by atoms with Crippen LogP contribution in [-0.2, 0) is 0 Å². The standard InChI is InChI=1S/C20H21F2NO2/c1-13-11-16(18(22)12-17(13)21)20(25)23-9-7-15(8-10-23)19(24)14-5-3-2-4-6-14/h2-6,11-12,15,19,24H,7-10H2,1H3. The first-order valence-corrected chi connectivity index (χ1v) is 8.45. The summed E-state index contributed by atoms with van der Waals surface area (Å²) in [6.07, 6.45) is 0.718. The van der Waals surface area contributed by atoms with Gasteiger partial charge in [-0.15, -0.1) is 0 Å². The molecule has 0 aliphatic carbocycles. The van der Waals surface area contributed by atoms with Crippen LogP contribution in [0.3, 0.4) is 0 Å². The third-order valence-electron chi connectivity index (χ3n) is 4.89. The lowest BCUT2D eigenvalue weighted by atomic mass is 9.87. The SMILES string of the molecule is Cc1cc(C(=O)N2CCC(C(O)c3ccccc3)CC2)c(F)cc1F. The summed E-state index contributed by atoms with van der Waals surface area (Å²) in [5, 5.41) is 10.5. The molecular formula is C20H21F2NO2. The lowest BCUT2D eigenvalue weighted by molar-refractivity contribution is 0.0459. The van der Waals surface area contributed by atoms with Gasteiger partial charge in [0.05, 0.1) is 11.7 Å². The molecule has 1 saturated heterocycles. The lowest BCUT2D eigenvalue weighted by Crippen LogP contribution is -2.40. The number of halogens is 2. The first kappa shape index (κ1) is 17.5. The van der Waals surface area contributed by atoms with Crippen LogP contribution in [0, 0.1) is 24.5 Å². The van der Waals surface area contributed by atoms with E-state index in [2.05, 4.69) is 0 Å². The van der Waals surface area contributed by atoms with Crippen molar-refractivity contribution < 1.29 is 18.7 Å². The Balaban J connectivity index is 1.66. The maximum atomic E-state index is 13.9. The molecule has 0 saturated carbocycles. The molecule has 1 atom stereocenters. The minimum absolute atomic E-state index is 0.0613. The number of piperidine rings is 1. The van der Waals surface area contributed by atoms with Gasteiger partial charge in [-0.3, -0.25) is 4.79 Å². The van der Waals surface area contributed by atoms with Gasteiger partial charge in [0.25, 0.3) is 5.91 Å². The van der Waals surface area contributed by atoms with Crippen molar-refractivity contribution in [2.45, 2.75) is 25.9 Å². The van der Waals surface area contributed by atoms with Crippen LogP contribution in [0.15, 0.2) is 42.5 Å². The van der Waals surface area contributed by atoms with Gasteiger partial charge in [0, 0.05) is 19.2 Å². The summed E-state index contributed by atoms with van der Waals surface area (Å²) in [5.41, 5.74) is 1.02. The molecule has 25 heavy (non-hydrogen) atoms. The van der Waals surface area contributed by atoms with Crippen molar-refractivity contribution in [1.82, 2.24) is 4.90 Å². The van der Waals surface area contributed by atoms with Gasteiger partial charge >= 0.3 is 0 Å². The van der Waals surface area contributed by atoms with E-state index < -0.39 is 23.6 Å². The predicted molar refractivity (Wildman–Crippen MR) is 91.1 cm³/mol. The molecule has 1 unspecified atom stereocenters. The summed E-state index contributed by atoms with van der Waals surface area (Å²) >= 11 is 0. The molecule has 1 fully saturated rings. The van der Waals surface area contributed by atoms with Gasteiger partial charge in [0.1, 0.15) is 11.6 Å². The molecule has 1 heterocycles. The van der Waals surface area contributed by atoms with Gasteiger partial charge in [0.15, 0.2) is 0 Å². The topological polar surface area (TPSA) is 40.5 Å². The molecule has 1 N–H and O–H groups in total. The fourth-order valence-electron chi connectivity index (χ4n) is 3.33. The highest BCUT2D eigenvalue weighted by Crippen LogP contribution is 2.31. The van der Waals surface area contributed by atoms with Gasteiger partial charge in [-0.05, 0) is 42.9 Å². The Hall–Kier alpha value is -2.27. The number of likely N-dealkylation sites (tertiary alicyclic amines) is 1. The van der Waals surface area contributed by atoms with Crippen LogP contribution in [0.25, 0.3) is 0 Å². The molecule has 1 aliphatic rings. The third-order valence-corrected chi connectivity index (χ3v) is 4.89. The minimum atomic E-state index is -0.834. The zero-order valence-electron chi connectivity index (χ0n) is 14.1. The number of hydrogen-bond donors (Lipinski definition) is 1. The largest absolute Gasteiger partial charge is 0.388 e. The summed E-state index contributed by atoms with van der Waals surface area (Å²) in [4.78, 5) is 14.1. The second-order valence-corrected chi connectivity index (χ2v) is 6.57. The zero-order chi connectivity index (χ0) is 18.0. The normalized spacial score (nSPS) is 16.7. The van der Waals surface area contributed by atoms with E-state index in [0.717, 1.165) is 11.6 Å². The maximum Gasteiger partial charge on any atom is 0.256 e. The molecule has 0 radical (unpaired) electrons. The Bertz CT molecular complexity index is 756. The second-order valence-electron chi connectivity index (χ2n) is 6.57. The lowest BCUT2D eigenvalue weighted by Gasteiger charge is -2.34. The first-order chi connectivity index (χ1) is 12.0. The zero-order valence-corrected chi connectivity index (χ0v) is 14.1. The van der Waals surface area contributed by atoms with Crippen LogP contribution in [-0.4, -0.2) is 29.0 Å². The first-order valence-electron chi connectivity index (χ1n) is 8.45. The van der Waals surface area contributed by atoms with Crippen LogP contribution in [0.4, 0.5) is 8.78 Å². The van der Waals surface area contributed by atoms with Gasteiger partial charge in [-0.25, -0.2) is 8.78 Å². The van der Waals surface area contributed by atoms with E-state index in [4.69, 9.17) is 0 Å². The van der Waals surface area contributed by atoms with Crippen LogP contribution >= 0.6 is 0 Å². The van der Waals surface area contributed by atoms with E-state index in [1.807, 2.05) is 30.3 Å². The highest BCUT2D eigenvalue weighted by molar-refractivity contribution is 5.94. The fourth-order valence-corrected chi connectivity index (χ4v) is 3.33. The molecule has 1 amide bonds. The molecule has 3 rings (SSSR count). The maximum absolute atomic E-state index is 13.9. The van der Waals surface area contributed by atoms with E-state index in [0.29, 0.717) is 25.9 Å². The number of amides is 1. The number of nitrogens with zero attached hydrogens (tertiary/aromatic N) is 1. The third kappa shape index (κ3) is 3.71. The van der Waals surface area contributed by atoms with E-state index >= 15 is 0 Å². The Morgan fingerprint density at radius 2 is 1.76 bits per heavy atom. The van der Waals surface area contributed by atoms with Gasteiger partial charge in [-0.2, -0.15) is 0 Å². The quantitative estimate of drug-likeness (QED) is 0.918. The van der Waals surface area contributed by atoms with E-state index in [9.17, 15) is 18.7 Å². The Morgan fingerprint density at radius 3 is 2.40 bits per heavy atom. The highest BCUT2D eigenvalue weighted by atomic mass is 19.1. The molecule has 1 aliphatic heterocycles. The molecule has 0 spiro atoms. The average Bonchev–Trinajstić information content (AvgIpc) is 2.64. The van der Waals surface area contributed by atoms with E-state index in [-0.39, 0.29) is 17.0 Å². The van der Waals surface area contributed by atoms with Crippen molar-refractivity contribution >= 4 is 5.91 Å². The summed E-state index contributed by atoms with van der Waals surface area (Å²) < 4.78 is 27.3. The fraction of sp³-hybridized carbons (Fsp3) is 0.350. The molecule has 2 aromatic rings. The van der Waals surface area contributed by atoms with Crippen molar-refractivity contribution in [1.29, 1.82) is 0 Å². The van der Waals surface area contributed by atoms with E-state index in [1.165, 1.54) is 13.0 Å². The monoisotopic (exact) mass is 345 g/mol. The second kappa shape index (κ2) is 7.31. The predicted octanol–water partition coefficient (Wildman–Crippen LogP) is 3.86. The number of carbonyl (C=O) groups is 1. The minimum Gasteiger partial charge on any atom is -0.388 e.